The molecular formula is C17H21N7. The molecule has 4 rings (SSSR count). The first kappa shape index (κ1) is 14.8. The van der Waals surface area contributed by atoms with E-state index in [-0.39, 0.29) is 0 Å². The second-order valence-electron chi connectivity index (χ2n) is 6.15. The van der Waals surface area contributed by atoms with Gasteiger partial charge in [-0.15, -0.1) is 0 Å². The predicted octanol–water partition coefficient (Wildman–Crippen LogP) is 1.39. The van der Waals surface area contributed by atoms with Gasteiger partial charge in [-0.05, 0) is 36.4 Å². The number of imidazole rings is 1. The summed E-state index contributed by atoms with van der Waals surface area (Å²) in [7, 11) is 0. The molecule has 3 aromatic rings. The van der Waals surface area contributed by atoms with Crippen molar-refractivity contribution < 1.29 is 0 Å². The summed E-state index contributed by atoms with van der Waals surface area (Å²) in [5.74, 6) is 6.62. The van der Waals surface area contributed by atoms with Gasteiger partial charge in [0.05, 0.1) is 22.4 Å². The number of piperazine rings is 1. The van der Waals surface area contributed by atoms with Gasteiger partial charge in [0.15, 0.2) is 0 Å². The molecule has 0 unspecified atom stereocenters. The lowest BCUT2D eigenvalue weighted by molar-refractivity contribution is 0.266. The summed E-state index contributed by atoms with van der Waals surface area (Å²) in [6.07, 6.45) is 0. The molecule has 24 heavy (non-hydrogen) atoms. The number of benzene rings is 2. The van der Waals surface area contributed by atoms with Crippen LogP contribution in [0.4, 0.5) is 17.1 Å². The van der Waals surface area contributed by atoms with E-state index in [0.29, 0.717) is 11.4 Å². The topological polar surface area (TPSA) is 113 Å². The van der Waals surface area contributed by atoms with Crippen LogP contribution in [-0.2, 0) is 0 Å². The van der Waals surface area contributed by atoms with E-state index in [1.54, 1.807) is 6.07 Å². The quantitative estimate of drug-likeness (QED) is 0.419. The van der Waals surface area contributed by atoms with E-state index in [2.05, 4.69) is 27.0 Å². The largest absolute Gasteiger partial charge is 0.397 e. The summed E-state index contributed by atoms with van der Waals surface area (Å²) in [5.41, 5.74) is 16.9. The van der Waals surface area contributed by atoms with E-state index in [1.807, 2.05) is 23.2 Å². The van der Waals surface area contributed by atoms with Crippen LogP contribution >= 0.6 is 0 Å². The molecule has 0 radical (unpaired) electrons. The normalized spacial score (nSPS) is 16.0. The molecule has 2 heterocycles. The average Bonchev–Trinajstić information content (AvgIpc) is 3.01. The lowest BCUT2D eigenvalue weighted by atomic mass is 10.1. The molecule has 1 fully saturated rings. The number of fused-ring (bicyclic) bond motifs is 1. The van der Waals surface area contributed by atoms with Crippen LogP contribution in [0, 0.1) is 0 Å². The van der Waals surface area contributed by atoms with E-state index in [9.17, 15) is 0 Å². The first-order valence-electron chi connectivity index (χ1n) is 8.00. The Morgan fingerprint density at radius 3 is 2.46 bits per heavy atom. The number of anilines is 3. The van der Waals surface area contributed by atoms with Gasteiger partial charge < -0.3 is 21.4 Å². The number of nitrogen functional groups attached to an aromatic ring is 2. The number of aromatic amines is 1. The van der Waals surface area contributed by atoms with Crippen molar-refractivity contribution in [2.45, 2.75) is 0 Å². The SMILES string of the molecule is Nc1ccc(-c2nc3ccc(N4CCN(N)CC4)cc3[nH]2)cc1N. The highest BCUT2D eigenvalue weighted by atomic mass is 15.4. The first-order valence-corrected chi connectivity index (χ1v) is 8.00. The Labute approximate surface area is 140 Å². The van der Waals surface area contributed by atoms with Gasteiger partial charge >= 0.3 is 0 Å². The zero-order chi connectivity index (χ0) is 16.7. The van der Waals surface area contributed by atoms with Crippen LogP contribution in [0.1, 0.15) is 0 Å². The number of rotatable bonds is 2. The molecule has 1 aliphatic rings. The summed E-state index contributed by atoms with van der Waals surface area (Å²) in [6, 6.07) is 11.9. The molecule has 7 nitrogen and oxygen atoms in total. The van der Waals surface area contributed by atoms with Crippen LogP contribution in [0.25, 0.3) is 22.4 Å². The van der Waals surface area contributed by atoms with Gasteiger partial charge in [0.2, 0.25) is 0 Å². The van der Waals surface area contributed by atoms with Crippen LogP contribution in [-0.4, -0.2) is 41.2 Å². The summed E-state index contributed by atoms with van der Waals surface area (Å²) in [5, 5.41) is 1.86. The monoisotopic (exact) mass is 323 g/mol. The van der Waals surface area contributed by atoms with Crippen molar-refractivity contribution in [1.82, 2.24) is 15.0 Å². The molecule has 2 aromatic carbocycles. The highest BCUT2D eigenvalue weighted by molar-refractivity contribution is 5.84. The first-order chi connectivity index (χ1) is 11.6. The van der Waals surface area contributed by atoms with Crippen LogP contribution in [0.15, 0.2) is 36.4 Å². The van der Waals surface area contributed by atoms with Gasteiger partial charge in [0, 0.05) is 37.4 Å². The molecular weight excluding hydrogens is 302 g/mol. The zero-order valence-electron chi connectivity index (χ0n) is 13.4. The van der Waals surface area contributed by atoms with Crippen LogP contribution in [0.5, 0.6) is 0 Å². The number of nitrogens with one attached hydrogen (secondary N) is 1. The van der Waals surface area contributed by atoms with E-state index < -0.39 is 0 Å². The lowest BCUT2D eigenvalue weighted by Gasteiger charge is -2.33. The highest BCUT2D eigenvalue weighted by Gasteiger charge is 2.15. The Hall–Kier alpha value is -2.77. The fraction of sp³-hybridized carbons (Fsp3) is 0.235. The van der Waals surface area contributed by atoms with Crippen molar-refractivity contribution in [1.29, 1.82) is 0 Å². The standard InChI is InChI=1S/C17H21N7/c18-13-3-1-11(9-14(13)19)17-21-15-4-2-12(10-16(15)22-17)23-5-7-24(20)8-6-23/h1-4,9-10H,5-8,18-20H2,(H,21,22). The molecule has 124 valence electrons. The Morgan fingerprint density at radius 2 is 1.71 bits per heavy atom. The summed E-state index contributed by atoms with van der Waals surface area (Å²) in [6.45, 7) is 3.60. The minimum absolute atomic E-state index is 0.563. The van der Waals surface area contributed by atoms with Crippen LogP contribution < -0.4 is 22.2 Å². The van der Waals surface area contributed by atoms with Gasteiger partial charge in [0.1, 0.15) is 5.82 Å². The maximum Gasteiger partial charge on any atom is 0.138 e. The second-order valence-corrected chi connectivity index (χ2v) is 6.15. The molecule has 1 aromatic heterocycles. The third-order valence-corrected chi connectivity index (χ3v) is 4.51. The number of nitrogens with two attached hydrogens (primary N) is 3. The number of hydrogen-bond donors (Lipinski definition) is 4. The molecule has 1 aliphatic heterocycles. The Morgan fingerprint density at radius 1 is 0.917 bits per heavy atom. The molecule has 1 saturated heterocycles. The molecule has 7 N–H and O–H groups in total. The van der Waals surface area contributed by atoms with Gasteiger partial charge in [-0.3, -0.25) is 5.84 Å². The fourth-order valence-electron chi connectivity index (χ4n) is 3.03. The summed E-state index contributed by atoms with van der Waals surface area (Å²) in [4.78, 5) is 10.4. The molecule has 7 heteroatoms. The number of hydrazine groups is 1. The maximum atomic E-state index is 5.90. The zero-order valence-corrected chi connectivity index (χ0v) is 13.4. The molecule has 0 atom stereocenters. The molecule has 0 amide bonds. The van der Waals surface area contributed by atoms with Gasteiger partial charge in [-0.2, -0.15) is 0 Å². The number of nitrogens with zero attached hydrogens (tertiary/aromatic N) is 3. The van der Waals surface area contributed by atoms with Gasteiger partial charge in [-0.25, -0.2) is 9.99 Å². The number of hydrogen-bond acceptors (Lipinski definition) is 6. The molecule has 0 saturated carbocycles. The smallest absolute Gasteiger partial charge is 0.138 e. The summed E-state index contributed by atoms with van der Waals surface area (Å²) < 4.78 is 0. The van der Waals surface area contributed by atoms with Crippen molar-refractivity contribution in [2.24, 2.45) is 5.84 Å². The third-order valence-electron chi connectivity index (χ3n) is 4.51. The highest BCUT2D eigenvalue weighted by Crippen LogP contribution is 2.27. The predicted molar refractivity (Wildman–Crippen MR) is 98.3 cm³/mol. The number of H-pyrrole nitrogens is 1. The van der Waals surface area contributed by atoms with Crippen molar-refractivity contribution in [2.75, 3.05) is 42.5 Å². The van der Waals surface area contributed by atoms with E-state index >= 15 is 0 Å². The third kappa shape index (κ3) is 2.64. The van der Waals surface area contributed by atoms with Crippen molar-refractivity contribution in [3.05, 3.63) is 36.4 Å². The Kier molecular flexibility index (Phi) is 3.51. The lowest BCUT2D eigenvalue weighted by Crippen LogP contribution is -2.49. The minimum Gasteiger partial charge on any atom is -0.397 e. The maximum absolute atomic E-state index is 5.90. The number of aromatic nitrogens is 2. The minimum atomic E-state index is 0.563. The average molecular weight is 323 g/mol. The van der Waals surface area contributed by atoms with Crippen molar-refractivity contribution >= 4 is 28.1 Å². The second kappa shape index (κ2) is 5.70. The van der Waals surface area contributed by atoms with E-state index in [1.165, 1.54) is 5.69 Å². The molecule has 0 aliphatic carbocycles. The van der Waals surface area contributed by atoms with Crippen LogP contribution in [0.3, 0.4) is 0 Å². The van der Waals surface area contributed by atoms with Crippen molar-refractivity contribution in [3.8, 4) is 11.4 Å². The van der Waals surface area contributed by atoms with Crippen molar-refractivity contribution in [3.63, 3.8) is 0 Å². The Balaban J connectivity index is 1.67. The molecule has 0 spiro atoms. The molecule has 0 bridgehead atoms. The Bertz CT molecular complexity index is 878. The van der Waals surface area contributed by atoms with Gasteiger partial charge in [-0.1, -0.05) is 0 Å². The summed E-state index contributed by atoms with van der Waals surface area (Å²) >= 11 is 0. The van der Waals surface area contributed by atoms with Gasteiger partial charge in [0.25, 0.3) is 0 Å². The van der Waals surface area contributed by atoms with E-state index in [0.717, 1.165) is 48.6 Å². The van der Waals surface area contributed by atoms with E-state index in [4.69, 9.17) is 17.3 Å². The fourth-order valence-corrected chi connectivity index (χ4v) is 3.03. The van der Waals surface area contributed by atoms with Crippen LogP contribution in [0.2, 0.25) is 0 Å².